The second kappa shape index (κ2) is 7.04. The van der Waals surface area contributed by atoms with Crippen LogP contribution in [0.1, 0.15) is 5.56 Å². The number of benzene rings is 2. The number of carbonyl (C=O) groups is 1. The molecule has 0 aliphatic heterocycles. The highest BCUT2D eigenvalue weighted by Gasteiger charge is 2.08. The van der Waals surface area contributed by atoms with Crippen LogP contribution < -0.4 is 20.1 Å². The van der Waals surface area contributed by atoms with E-state index in [2.05, 4.69) is 10.6 Å². The standard InChI is InChI=1S/C16H17ClN2O3/c1-10-8-12(21-2)5-6-14(10)19-16(20)18-11-4-7-15(22-3)13(17)9-11/h4-9H,1-3H3,(H2,18,19,20). The molecule has 0 heterocycles. The van der Waals surface area contributed by atoms with Crippen LogP contribution in [0.15, 0.2) is 36.4 Å². The molecule has 6 heteroatoms. The third-order valence-electron chi connectivity index (χ3n) is 3.09. The van der Waals surface area contributed by atoms with Crippen molar-refractivity contribution in [3.05, 3.63) is 47.0 Å². The van der Waals surface area contributed by atoms with Gasteiger partial charge in [-0.3, -0.25) is 0 Å². The average Bonchev–Trinajstić information content (AvgIpc) is 2.49. The molecular weight excluding hydrogens is 304 g/mol. The summed E-state index contributed by atoms with van der Waals surface area (Å²) in [6, 6.07) is 10.1. The highest BCUT2D eigenvalue weighted by Crippen LogP contribution is 2.27. The maximum atomic E-state index is 12.0. The van der Waals surface area contributed by atoms with Crippen molar-refractivity contribution in [2.75, 3.05) is 24.9 Å². The van der Waals surface area contributed by atoms with Crippen LogP contribution in [0.2, 0.25) is 5.02 Å². The maximum absolute atomic E-state index is 12.0. The summed E-state index contributed by atoms with van der Waals surface area (Å²) in [7, 11) is 3.13. The van der Waals surface area contributed by atoms with Crippen molar-refractivity contribution in [3.8, 4) is 11.5 Å². The van der Waals surface area contributed by atoms with Crippen molar-refractivity contribution >= 4 is 29.0 Å². The summed E-state index contributed by atoms with van der Waals surface area (Å²) >= 11 is 6.02. The van der Waals surface area contributed by atoms with E-state index in [1.54, 1.807) is 37.4 Å². The molecule has 5 nitrogen and oxygen atoms in total. The molecule has 0 spiro atoms. The minimum absolute atomic E-state index is 0.352. The third-order valence-corrected chi connectivity index (χ3v) is 3.39. The van der Waals surface area contributed by atoms with E-state index in [4.69, 9.17) is 21.1 Å². The molecule has 2 aromatic rings. The van der Waals surface area contributed by atoms with E-state index in [0.29, 0.717) is 22.1 Å². The lowest BCUT2D eigenvalue weighted by molar-refractivity contribution is 0.262. The lowest BCUT2D eigenvalue weighted by Gasteiger charge is -2.12. The zero-order valence-electron chi connectivity index (χ0n) is 12.6. The summed E-state index contributed by atoms with van der Waals surface area (Å²) in [5.41, 5.74) is 2.19. The van der Waals surface area contributed by atoms with E-state index in [0.717, 1.165) is 11.3 Å². The fourth-order valence-corrected chi connectivity index (χ4v) is 2.19. The number of carbonyl (C=O) groups excluding carboxylic acids is 1. The van der Waals surface area contributed by atoms with Crippen LogP contribution >= 0.6 is 11.6 Å². The van der Waals surface area contributed by atoms with Crippen LogP contribution in [-0.2, 0) is 0 Å². The molecule has 0 aromatic heterocycles. The number of halogens is 1. The second-order valence-electron chi connectivity index (χ2n) is 4.61. The summed E-state index contributed by atoms with van der Waals surface area (Å²) in [5, 5.41) is 5.93. The van der Waals surface area contributed by atoms with Crippen molar-refractivity contribution in [2.24, 2.45) is 0 Å². The van der Waals surface area contributed by atoms with Crippen molar-refractivity contribution in [3.63, 3.8) is 0 Å². The van der Waals surface area contributed by atoms with Gasteiger partial charge in [0.05, 0.1) is 19.2 Å². The fourth-order valence-electron chi connectivity index (χ4n) is 1.93. The SMILES string of the molecule is COc1ccc(NC(=O)Nc2ccc(OC)c(Cl)c2)c(C)c1. The highest BCUT2D eigenvalue weighted by atomic mass is 35.5. The summed E-state index contributed by atoms with van der Waals surface area (Å²) < 4.78 is 10.2. The van der Waals surface area contributed by atoms with Gasteiger partial charge in [0.15, 0.2) is 0 Å². The van der Waals surface area contributed by atoms with E-state index in [1.165, 1.54) is 7.11 Å². The molecule has 2 aromatic carbocycles. The zero-order chi connectivity index (χ0) is 16.1. The average molecular weight is 321 g/mol. The number of aryl methyl sites for hydroxylation is 1. The first-order valence-electron chi connectivity index (χ1n) is 6.59. The number of urea groups is 1. The Hall–Kier alpha value is -2.40. The van der Waals surface area contributed by atoms with Crippen molar-refractivity contribution in [2.45, 2.75) is 6.92 Å². The number of ether oxygens (including phenoxy) is 2. The van der Waals surface area contributed by atoms with Crippen molar-refractivity contribution < 1.29 is 14.3 Å². The second-order valence-corrected chi connectivity index (χ2v) is 5.02. The lowest BCUT2D eigenvalue weighted by Crippen LogP contribution is -2.19. The highest BCUT2D eigenvalue weighted by molar-refractivity contribution is 6.32. The van der Waals surface area contributed by atoms with Gasteiger partial charge in [0, 0.05) is 11.4 Å². The quantitative estimate of drug-likeness (QED) is 0.882. The smallest absolute Gasteiger partial charge is 0.323 e. The molecule has 2 N–H and O–H groups in total. The molecule has 0 saturated heterocycles. The molecule has 2 amide bonds. The first kappa shape index (κ1) is 16.0. The summed E-state index contributed by atoms with van der Waals surface area (Å²) in [6.07, 6.45) is 0. The van der Waals surface area contributed by atoms with Gasteiger partial charge >= 0.3 is 6.03 Å². The minimum Gasteiger partial charge on any atom is -0.497 e. The Morgan fingerprint density at radius 3 is 2.41 bits per heavy atom. The van der Waals surface area contributed by atoms with Gasteiger partial charge in [0.1, 0.15) is 11.5 Å². The number of rotatable bonds is 4. The van der Waals surface area contributed by atoms with Gasteiger partial charge in [-0.1, -0.05) is 11.6 Å². The molecule has 0 fully saturated rings. The lowest BCUT2D eigenvalue weighted by atomic mass is 10.2. The van der Waals surface area contributed by atoms with E-state index >= 15 is 0 Å². The van der Waals surface area contributed by atoms with E-state index in [1.807, 2.05) is 13.0 Å². The molecule has 116 valence electrons. The number of hydrogen-bond donors (Lipinski definition) is 2. The third kappa shape index (κ3) is 3.83. The van der Waals surface area contributed by atoms with Gasteiger partial charge < -0.3 is 20.1 Å². The number of anilines is 2. The first-order valence-corrected chi connectivity index (χ1v) is 6.97. The fraction of sp³-hybridized carbons (Fsp3) is 0.188. The van der Waals surface area contributed by atoms with Crippen LogP contribution in [-0.4, -0.2) is 20.3 Å². The van der Waals surface area contributed by atoms with Gasteiger partial charge in [-0.15, -0.1) is 0 Å². The van der Waals surface area contributed by atoms with Gasteiger partial charge in [-0.25, -0.2) is 4.79 Å². The van der Waals surface area contributed by atoms with Crippen LogP contribution in [0.4, 0.5) is 16.2 Å². The number of nitrogens with one attached hydrogen (secondary N) is 2. The van der Waals surface area contributed by atoms with Gasteiger partial charge in [-0.2, -0.15) is 0 Å². The Bertz CT molecular complexity index is 689. The first-order chi connectivity index (χ1) is 10.5. The zero-order valence-corrected chi connectivity index (χ0v) is 13.3. The van der Waals surface area contributed by atoms with Gasteiger partial charge in [-0.05, 0) is 48.9 Å². The summed E-state index contributed by atoms with van der Waals surface area (Å²) in [4.78, 5) is 12.0. The predicted molar refractivity (Wildman–Crippen MR) is 88.4 cm³/mol. The Morgan fingerprint density at radius 2 is 1.82 bits per heavy atom. The molecule has 0 aliphatic rings. The molecule has 0 unspecified atom stereocenters. The van der Waals surface area contributed by atoms with Gasteiger partial charge in [0.25, 0.3) is 0 Å². The Morgan fingerprint density at radius 1 is 1.05 bits per heavy atom. The summed E-state index contributed by atoms with van der Waals surface area (Å²) in [5.74, 6) is 1.30. The predicted octanol–water partition coefficient (Wildman–Crippen LogP) is 4.31. The maximum Gasteiger partial charge on any atom is 0.323 e. The number of methoxy groups -OCH3 is 2. The van der Waals surface area contributed by atoms with Crippen molar-refractivity contribution in [1.29, 1.82) is 0 Å². The molecular formula is C16H17ClN2O3. The molecule has 0 radical (unpaired) electrons. The number of amides is 2. The van der Waals surface area contributed by atoms with E-state index in [-0.39, 0.29) is 6.03 Å². The minimum atomic E-state index is -0.352. The molecule has 22 heavy (non-hydrogen) atoms. The Kier molecular flexibility index (Phi) is 5.12. The van der Waals surface area contributed by atoms with Crippen molar-refractivity contribution in [1.82, 2.24) is 0 Å². The summed E-state index contributed by atoms with van der Waals surface area (Å²) in [6.45, 7) is 1.89. The molecule has 0 saturated carbocycles. The molecule has 0 bridgehead atoms. The monoisotopic (exact) mass is 320 g/mol. The van der Waals surface area contributed by atoms with Crippen LogP contribution in [0, 0.1) is 6.92 Å². The van der Waals surface area contributed by atoms with E-state index in [9.17, 15) is 4.79 Å². The van der Waals surface area contributed by atoms with Gasteiger partial charge in [0.2, 0.25) is 0 Å². The Labute approximate surface area is 134 Å². The molecule has 0 aliphatic carbocycles. The topological polar surface area (TPSA) is 59.6 Å². The number of hydrogen-bond acceptors (Lipinski definition) is 3. The van der Waals surface area contributed by atoms with Crippen LogP contribution in [0.5, 0.6) is 11.5 Å². The normalized spacial score (nSPS) is 10.0. The molecule has 2 rings (SSSR count). The van der Waals surface area contributed by atoms with E-state index < -0.39 is 0 Å². The van der Waals surface area contributed by atoms with Crippen LogP contribution in [0.25, 0.3) is 0 Å². The van der Waals surface area contributed by atoms with Crippen LogP contribution in [0.3, 0.4) is 0 Å². The molecule has 0 atom stereocenters. The largest absolute Gasteiger partial charge is 0.497 e. The Balaban J connectivity index is 2.05.